The zero-order valence-electron chi connectivity index (χ0n) is 9.99. The molecule has 1 aliphatic carbocycles. The van der Waals surface area contributed by atoms with Crippen LogP contribution in [0.1, 0.15) is 0 Å². The van der Waals surface area contributed by atoms with Crippen LogP contribution in [-0.2, 0) is 10.0 Å². The van der Waals surface area contributed by atoms with Gasteiger partial charge in [0.15, 0.2) is 0 Å². The van der Waals surface area contributed by atoms with E-state index in [1.165, 1.54) is 30.4 Å². The summed E-state index contributed by atoms with van der Waals surface area (Å²) in [4.78, 5) is -0.617. The molecule has 5 nitrogen and oxygen atoms in total. The number of rotatable bonds is 2. The maximum atomic E-state index is 13.5. The molecule has 0 spiro atoms. The SMILES string of the molecule is O=S(=O)(N=C1C=CC=CC1=C([O-])[O-])c1ccccc1F. The summed E-state index contributed by atoms with van der Waals surface area (Å²) in [6.45, 7) is 0. The fourth-order valence-corrected chi connectivity index (χ4v) is 2.64. The van der Waals surface area contributed by atoms with Crippen LogP contribution < -0.4 is 10.2 Å². The first-order valence-electron chi connectivity index (χ1n) is 5.45. The molecular weight excluding hydrogens is 285 g/mol. The van der Waals surface area contributed by atoms with Gasteiger partial charge in [0.25, 0.3) is 10.0 Å². The average Bonchev–Trinajstić information content (AvgIpc) is 2.39. The third kappa shape index (κ3) is 2.77. The fourth-order valence-electron chi connectivity index (χ4n) is 1.56. The van der Waals surface area contributed by atoms with Gasteiger partial charge < -0.3 is 10.2 Å². The molecule has 0 saturated heterocycles. The molecule has 0 saturated carbocycles. The normalized spacial score (nSPS) is 16.6. The summed E-state index contributed by atoms with van der Waals surface area (Å²) in [5.74, 6) is -2.52. The Morgan fingerprint density at radius 2 is 1.75 bits per heavy atom. The van der Waals surface area contributed by atoms with E-state index in [0.29, 0.717) is 0 Å². The quantitative estimate of drug-likeness (QED) is 0.718. The molecule has 0 aliphatic heterocycles. The van der Waals surface area contributed by atoms with Gasteiger partial charge in [0, 0.05) is 0 Å². The summed E-state index contributed by atoms with van der Waals surface area (Å²) >= 11 is 0. The van der Waals surface area contributed by atoms with Gasteiger partial charge in [-0.2, -0.15) is 18.8 Å². The molecule has 0 aromatic heterocycles. The number of nitrogens with zero attached hydrogens (tertiary/aromatic N) is 1. The van der Waals surface area contributed by atoms with E-state index in [1.807, 2.05) is 0 Å². The maximum absolute atomic E-state index is 13.5. The summed E-state index contributed by atoms with van der Waals surface area (Å²) in [5, 5.41) is 21.7. The van der Waals surface area contributed by atoms with Crippen molar-refractivity contribution in [1.82, 2.24) is 0 Å². The summed E-state index contributed by atoms with van der Waals surface area (Å²) in [7, 11) is -4.34. The van der Waals surface area contributed by atoms with Crippen LogP contribution in [0.2, 0.25) is 0 Å². The third-order valence-electron chi connectivity index (χ3n) is 2.46. The minimum Gasteiger partial charge on any atom is -0.883 e. The molecule has 2 rings (SSSR count). The van der Waals surface area contributed by atoms with Gasteiger partial charge in [0.1, 0.15) is 10.7 Å². The number of sulfonamides is 1. The highest BCUT2D eigenvalue weighted by Crippen LogP contribution is 2.19. The monoisotopic (exact) mass is 293 g/mol. The van der Waals surface area contributed by atoms with Gasteiger partial charge in [-0.25, -0.2) is 4.39 Å². The summed E-state index contributed by atoms with van der Waals surface area (Å²) in [6.07, 6.45) is 5.18. The van der Waals surface area contributed by atoms with Crippen LogP contribution in [0, 0.1) is 5.82 Å². The third-order valence-corrected chi connectivity index (χ3v) is 3.78. The Labute approximate surface area is 114 Å². The van der Waals surface area contributed by atoms with Crippen molar-refractivity contribution in [3.8, 4) is 0 Å². The summed E-state index contributed by atoms with van der Waals surface area (Å²) in [6, 6.07) is 4.71. The highest BCUT2D eigenvalue weighted by Gasteiger charge is 2.19. The fraction of sp³-hybridized carbons (Fsp3) is 0. The average molecular weight is 293 g/mol. The van der Waals surface area contributed by atoms with Crippen molar-refractivity contribution in [3.05, 3.63) is 65.9 Å². The Balaban J connectivity index is 2.55. The number of benzene rings is 1. The molecule has 1 aromatic carbocycles. The molecule has 0 fully saturated rings. The van der Waals surface area contributed by atoms with Crippen LogP contribution in [-0.4, -0.2) is 14.1 Å². The Bertz CT molecular complexity index is 756. The molecule has 0 amide bonds. The molecule has 0 unspecified atom stereocenters. The van der Waals surface area contributed by atoms with Crippen LogP contribution in [0.3, 0.4) is 0 Å². The van der Waals surface area contributed by atoms with E-state index < -0.39 is 26.7 Å². The first-order chi connectivity index (χ1) is 9.42. The van der Waals surface area contributed by atoms with Crippen molar-refractivity contribution in [2.75, 3.05) is 0 Å². The first kappa shape index (κ1) is 14.0. The van der Waals surface area contributed by atoms with Gasteiger partial charge in [-0.3, -0.25) is 0 Å². The van der Waals surface area contributed by atoms with Gasteiger partial charge in [-0.1, -0.05) is 30.4 Å². The molecule has 0 bridgehead atoms. The lowest BCUT2D eigenvalue weighted by Gasteiger charge is -2.23. The van der Waals surface area contributed by atoms with E-state index in [2.05, 4.69) is 4.40 Å². The van der Waals surface area contributed by atoms with Crippen molar-refractivity contribution < 1.29 is 23.0 Å². The van der Waals surface area contributed by atoms with Gasteiger partial charge in [0.05, 0.1) is 5.71 Å². The van der Waals surface area contributed by atoms with E-state index in [4.69, 9.17) is 0 Å². The Morgan fingerprint density at radius 3 is 2.40 bits per heavy atom. The zero-order chi connectivity index (χ0) is 14.8. The first-order valence-corrected chi connectivity index (χ1v) is 6.89. The standard InChI is InChI=1S/C13H10FNO4S/c14-10-6-2-4-8-12(10)20(18,19)15-11-7-3-1-5-9(11)13(16)17/h1-8,16-17H/p-2. The van der Waals surface area contributed by atoms with Crippen molar-refractivity contribution >= 4 is 15.7 Å². The number of allylic oxidation sites excluding steroid dienone is 5. The van der Waals surface area contributed by atoms with Crippen LogP contribution in [0.25, 0.3) is 0 Å². The molecule has 0 N–H and O–H groups in total. The Hall–Kier alpha value is -2.41. The topological polar surface area (TPSA) is 92.6 Å². The lowest BCUT2D eigenvalue weighted by atomic mass is 10.1. The zero-order valence-corrected chi connectivity index (χ0v) is 10.8. The molecule has 0 atom stereocenters. The molecule has 0 heterocycles. The molecule has 7 heteroatoms. The Kier molecular flexibility index (Phi) is 3.71. The molecule has 0 radical (unpaired) electrons. The minimum absolute atomic E-state index is 0.309. The van der Waals surface area contributed by atoms with Crippen LogP contribution in [0.5, 0.6) is 0 Å². The predicted octanol–water partition coefficient (Wildman–Crippen LogP) is 0.0136. The Morgan fingerprint density at radius 1 is 1.10 bits per heavy atom. The summed E-state index contributed by atoms with van der Waals surface area (Å²) < 4.78 is 40.8. The smallest absolute Gasteiger partial charge is 0.285 e. The van der Waals surface area contributed by atoms with Crippen LogP contribution in [0.4, 0.5) is 4.39 Å². The second kappa shape index (κ2) is 5.30. The second-order valence-corrected chi connectivity index (χ2v) is 5.37. The number of hydrogen-bond donors (Lipinski definition) is 0. The van der Waals surface area contributed by atoms with E-state index in [0.717, 1.165) is 18.2 Å². The van der Waals surface area contributed by atoms with Crippen molar-refractivity contribution in [2.45, 2.75) is 4.90 Å². The predicted molar refractivity (Wildman–Crippen MR) is 66.3 cm³/mol. The highest BCUT2D eigenvalue weighted by molar-refractivity contribution is 7.90. The van der Waals surface area contributed by atoms with E-state index in [9.17, 15) is 23.0 Å². The minimum atomic E-state index is -4.34. The molecule has 1 aliphatic rings. The number of halogens is 1. The molecule has 1 aromatic rings. The second-order valence-electron chi connectivity index (χ2n) is 3.80. The van der Waals surface area contributed by atoms with Crippen molar-refractivity contribution in [2.24, 2.45) is 4.40 Å². The molecular formula is C13H8FNO4S-2. The highest BCUT2D eigenvalue weighted by atomic mass is 32.2. The maximum Gasteiger partial charge on any atom is 0.285 e. The van der Waals surface area contributed by atoms with Gasteiger partial charge in [0.2, 0.25) is 0 Å². The number of hydrogen-bond acceptors (Lipinski definition) is 4. The van der Waals surface area contributed by atoms with E-state index in [-0.39, 0.29) is 11.3 Å². The van der Waals surface area contributed by atoms with Crippen LogP contribution in [0.15, 0.2) is 69.4 Å². The molecule has 20 heavy (non-hydrogen) atoms. The van der Waals surface area contributed by atoms with Crippen molar-refractivity contribution in [1.29, 1.82) is 0 Å². The lowest BCUT2D eigenvalue weighted by Crippen LogP contribution is -2.24. The van der Waals surface area contributed by atoms with Crippen LogP contribution >= 0.6 is 0 Å². The summed E-state index contributed by atoms with van der Waals surface area (Å²) in [5.41, 5.74) is -0.692. The molecule has 104 valence electrons. The van der Waals surface area contributed by atoms with Gasteiger partial charge >= 0.3 is 0 Å². The van der Waals surface area contributed by atoms with E-state index in [1.54, 1.807) is 0 Å². The van der Waals surface area contributed by atoms with E-state index >= 15 is 0 Å². The largest absolute Gasteiger partial charge is 0.883 e. The van der Waals surface area contributed by atoms with Gasteiger partial charge in [-0.05, 0) is 23.8 Å². The lowest BCUT2D eigenvalue weighted by molar-refractivity contribution is -0.513. The van der Waals surface area contributed by atoms with Gasteiger partial charge in [-0.15, -0.1) is 0 Å². The van der Waals surface area contributed by atoms with Crippen molar-refractivity contribution in [3.63, 3.8) is 0 Å².